The summed E-state index contributed by atoms with van der Waals surface area (Å²) >= 11 is 0. The Balaban J connectivity index is 1.95. The molecule has 22 heavy (non-hydrogen) atoms. The number of carbonyl (C=O) groups is 1. The highest BCUT2D eigenvalue weighted by Gasteiger charge is 2.26. The number of anilines is 1. The van der Waals surface area contributed by atoms with Gasteiger partial charge in [-0.1, -0.05) is 12.1 Å². The van der Waals surface area contributed by atoms with Crippen molar-refractivity contribution in [2.75, 3.05) is 11.5 Å². The second-order valence-corrected chi connectivity index (χ2v) is 4.81. The fourth-order valence-corrected chi connectivity index (χ4v) is 2.30. The Bertz CT molecular complexity index is 763. The zero-order valence-electron chi connectivity index (χ0n) is 11.4. The van der Waals surface area contributed by atoms with Gasteiger partial charge in [-0.05, 0) is 17.7 Å². The Labute approximate surface area is 124 Å². The van der Waals surface area contributed by atoms with Crippen LogP contribution in [0.2, 0.25) is 0 Å². The summed E-state index contributed by atoms with van der Waals surface area (Å²) in [5.74, 6) is -0.405. The van der Waals surface area contributed by atoms with Gasteiger partial charge in [-0.15, -0.1) is 0 Å². The second-order valence-electron chi connectivity index (χ2n) is 4.81. The molecule has 0 radical (unpaired) electrons. The van der Waals surface area contributed by atoms with Crippen LogP contribution in [0, 0.1) is 15.9 Å². The predicted octanol–water partition coefficient (Wildman–Crippen LogP) is 2.66. The number of halogens is 1. The smallest absolute Gasteiger partial charge is 0.269 e. The topological polar surface area (TPSA) is 72.7 Å². The summed E-state index contributed by atoms with van der Waals surface area (Å²) in [7, 11) is 0. The maximum atomic E-state index is 13.4. The van der Waals surface area contributed by atoms with Gasteiger partial charge in [0.2, 0.25) is 0 Å². The van der Waals surface area contributed by atoms with Crippen LogP contribution in [0.3, 0.4) is 0 Å². The number of benzene rings is 2. The van der Waals surface area contributed by atoms with Gasteiger partial charge < -0.3 is 9.64 Å². The molecule has 0 saturated heterocycles. The van der Waals surface area contributed by atoms with Crippen molar-refractivity contribution < 1.29 is 18.8 Å². The molecule has 2 aromatic carbocycles. The molecular weight excluding hydrogens is 291 g/mol. The van der Waals surface area contributed by atoms with Crippen LogP contribution in [0.15, 0.2) is 42.5 Å². The minimum absolute atomic E-state index is 0.0577. The summed E-state index contributed by atoms with van der Waals surface area (Å²) in [5.41, 5.74) is 0.847. The molecule has 2 aromatic rings. The Kier molecular flexibility index (Phi) is 3.46. The molecule has 0 aliphatic carbocycles. The minimum Gasteiger partial charge on any atom is -0.482 e. The van der Waals surface area contributed by atoms with E-state index in [0.717, 1.165) is 0 Å². The van der Waals surface area contributed by atoms with Gasteiger partial charge in [0.1, 0.15) is 11.6 Å². The molecule has 0 atom stereocenters. The number of amides is 1. The third-order valence-electron chi connectivity index (χ3n) is 3.33. The van der Waals surface area contributed by atoms with E-state index in [0.29, 0.717) is 17.0 Å². The highest BCUT2D eigenvalue weighted by Crippen LogP contribution is 2.33. The fourth-order valence-electron chi connectivity index (χ4n) is 2.30. The Morgan fingerprint density at radius 1 is 1.27 bits per heavy atom. The molecule has 112 valence electrons. The number of rotatable bonds is 3. The van der Waals surface area contributed by atoms with Crippen LogP contribution in [0.4, 0.5) is 15.8 Å². The Morgan fingerprint density at radius 3 is 2.86 bits per heavy atom. The van der Waals surface area contributed by atoms with Gasteiger partial charge in [-0.2, -0.15) is 0 Å². The molecule has 7 heteroatoms. The molecule has 0 unspecified atom stereocenters. The lowest BCUT2D eigenvalue weighted by atomic mass is 10.1. The quantitative estimate of drug-likeness (QED) is 0.645. The third-order valence-corrected chi connectivity index (χ3v) is 3.33. The van der Waals surface area contributed by atoms with E-state index in [1.54, 1.807) is 12.1 Å². The van der Waals surface area contributed by atoms with E-state index in [9.17, 15) is 19.3 Å². The molecule has 0 aromatic heterocycles. The maximum Gasteiger partial charge on any atom is 0.269 e. The van der Waals surface area contributed by atoms with E-state index in [4.69, 9.17) is 4.74 Å². The molecule has 6 nitrogen and oxygen atoms in total. The number of hydrogen-bond acceptors (Lipinski definition) is 4. The number of non-ortho nitro benzene ring substituents is 1. The van der Waals surface area contributed by atoms with Crippen molar-refractivity contribution in [1.29, 1.82) is 0 Å². The minimum atomic E-state index is -0.502. The van der Waals surface area contributed by atoms with Gasteiger partial charge in [0.05, 0.1) is 17.2 Å². The van der Waals surface area contributed by atoms with Crippen molar-refractivity contribution in [2.24, 2.45) is 0 Å². The summed E-state index contributed by atoms with van der Waals surface area (Å²) in [6.07, 6.45) is 0. The maximum absolute atomic E-state index is 13.4. The van der Waals surface area contributed by atoms with Crippen LogP contribution in [0.25, 0.3) is 0 Å². The SMILES string of the molecule is O=C1COc2ccc(F)cc2N1Cc1cccc([N+](=O)[O-])c1. The molecule has 0 spiro atoms. The molecule has 1 amide bonds. The average molecular weight is 302 g/mol. The lowest BCUT2D eigenvalue weighted by Gasteiger charge is -2.29. The van der Waals surface area contributed by atoms with E-state index in [1.807, 2.05) is 0 Å². The molecule has 0 fully saturated rings. The van der Waals surface area contributed by atoms with Crippen molar-refractivity contribution >= 4 is 17.3 Å². The van der Waals surface area contributed by atoms with Crippen LogP contribution in [0.1, 0.15) is 5.56 Å². The van der Waals surface area contributed by atoms with E-state index >= 15 is 0 Å². The first-order valence-corrected chi connectivity index (χ1v) is 6.50. The Morgan fingerprint density at radius 2 is 2.09 bits per heavy atom. The van der Waals surface area contributed by atoms with E-state index in [1.165, 1.54) is 35.2 Å². The van der Waals surface area contributed by atoms with Crippen LogP contribution >= 0.6 is 0 Å². The number of hydrogen-bond donors (Lipinski definition) is 0. The van der Waals surface area contributed by atoms with E-state index < -0.39 is 10.7 Å². The average Bonchev–Trinajstić information content (AvgIpc) is 2.50. The lowest BCUT2D eigenvalue weighted by molar-refractivity contribution is -0.384. The summed E-state index contributed by atoms with van der Waals surface area (Å²) in [6.45, 7) is -0.0338. The first-order valence-electron chi connectivity index (χ1n) is 6.50. The fraction of sp³-hybridized carbons (Fsp3) is 0.133. The molecule has 0 saturated carbocycles. The number of nitro benzene ring substituents is 1. The number of carbonyl (C=O) groups excluding carboxylic acids is 1. The molecule has 1 aliphatic rings. The summed E-state index contributed by atoms with van der Waals surface area (Å²) in [5, 5.41) is 10.8. The third kappa shape index (κ3) is 2.60. The van der Waals surface area contributed by atoms with Crippen LogP contribution in [-0.2, 0) is 11.3 Å². The normalized spacial score (nSPS) is 13.5. The van der Waals surface area contributed by atoms with Gasteiger partial charge in [0, 0.05) is 18.2 Å². The van der Waals surface area contributed by atoms with Crippen molar-refractivity contribution in [2.45, 2.75) is 6.54 Å². The first kappa shape index (κ1) is 14.0. The zero-order valence-corrected chi connectivity index (χ0v) is 11.4. The highest BCUT2D eigenvalue weighted by molar-refractivity contribution is 5.97. The highest BCUT2D eigenvalue weighted by atomic mass is 19.1. The number of nitro groups is 1. The zero-order chi connectivity index (χ0) is 15.7. The lowest BCUT2D eigenvalue weighted by Crippen LogP contribution is -2.38. The number of ether oxygens (including phenoxy) is 1. The van der Waals surface area contributed by atoms with Crippen molar-refractivity contribution in [3.8, 4) is 5.75 Å². The molecule has 1 aliphatic heterocycles. The standard InChI is InChI=1S/C15H11FN2O4/c16-11-4-5-14-13(7-11)17(15(19)9-22-14)8-10-2-1-3-12(6-10)18(20)21/h1-7H,8-9H2. The van der Waals surface area contributed by atoms with Crippen molar-refractivity contribution in [1.82, 2.24) is 0 Å². The van der Waals surface area contributed by atoms with Gasteiger partial charge in [0.15, 0.2) is 6.61 Å². The largest absolute Gasteiger partial charge is 0.482 e. The van der Waals surface area contributed by atoms with Gasteiger partial charge >= 0.3 is 0 Å². The predicted molar refractivity (Wildman–Crippen MR) is 76.2 cm³/mol. The summed E-state index contributed by atoms with van der Waals surface area (Å²) in [4.78, 5) is 23.7. The van der Waals surface area contributed by atoms with Gasteiger partial charge in [-0.25, -0.2) is 4.39 Å². The van der Waals surface area contributed by atoms with E-state index in [2.05, 4.69) is 0 Å². The molecule has 3 rings (SSSR count). The Hall–Kier alpha value is -2.96. The first-order chi connectivity index (χ1) is 10.5. The van der Waals surface area contributed by atoms with Crippen LogP contribution in [0.5, 0.6) is 5.75 Å². The number of nitrogens with zero attached hydrogens (tertiary/aromatic N) is 2. The van der Waals surface area contributed by atoms with Crippen LogP contribution in [-0.4, -0.2) is 17.4 Å². The molecular formula is C15H11FN2O4. The molecule has 0 N–H and O–H groups in total. The van der Waals surface area contributed by atoms with Crippen LogP contribution < -0.4 is 9.64 Å². The van der Waals surface area contributed by atoms with Crippen molar-refractivity contribution in [3.05, 3.63) is 64.0 Å². The molecule has 1 heterocycles. The van der Waals surface area contributed by atoms with Gasteiger partial charge in [0.25, 0.3) is 11.6 Å². The molecule has 0 bridgehead atoms. The number of fused-ring (bicyclic) bond motifs is 1. The monoisotopic (exact) mass is 302 g/mol. The summed E-state index contributed by atoms with van der Waals surface area (Å²) in [6, 6.07) is 9.90. The summed E-state index contributed by atoms with van der Waals surface area (Å²) < 4.78 is 18.7. The van der Waals surface area contributed by atoms with Crippen molar-refractivity contribution in [3.63, 3.8) is 0 Å². The van der Waals surface area contributed by atoms with Gasteiger partial charge in [-0.3, -0.25) is 14.9 Å². The second kappa shape index (κ2) is 5.44. The van der Waals surface area contributed by atoms with E-state index in [-0.39, 0.29) is 24.7 Å².